The molecule has 6 heteroatoms. The highest BCUT2D eigenvalue weighted by Crippen LogP contribution is 2.18. The predicted molar refractivity (Wildman–Crippen MR) is 65.0 cm³/mol. The van der Waals surface area contributed by atoms with Crippen molar-refractivity contribution in [2.75, 3.05) is 5.88 Å². The van der Waals surface area contributed by atoms with E-state index in [9.17, 15) is 4.39 Å². The lowest BCUT2D eigenvalue weighted by atomic mass is 10.2. The molecule has 2 aromatic rings. The van der Waals surface area contributed by atoms with Crippen LogP contribution in [0.5, 0.6) is 0 Å². The fourth-order valence-corrected chi connectivity index (χ4v) is 1.86. The molecular formula is C11H10Cl2FN3. The highest BCUT2D eigenvalue weighted by Gasteiger charge is 2.08. The van der Waals surface area contributed by atoms with Gasteiger partial charge in [0.15, 0.2) is 0 Å². The van der Waals surface area contributed by atoms with Crippen molar-refractivity contribution in [2.24, 2.45) is 0 Å². The van der Waals surface area contributed by atoms with Gasteiger partial charge in [-0.05, 0) is 6.07 Å². The third-order valence-corrected chi connectivity index (χ3v) is 2.78. The Labute approximate surface area is 108 Å². The molecular weight excluding hydrogens is 264 g/mol. The maximum atomic E-state index is 13.6. The third-order valence-electron chi connectivity index (χ3n) is 2.30. The van der Waals surface area contributed by atoms with Crippen LogP contribution in [0.3, 0.4) is 0 Å². The van der Waals surface area contributed by atoms with E-state index in [1.165, 1.54) is 6.07 Å². The summed E-state index contributed by atoms with van der Waals surface area (Å²) in [6.45, 7) is 0.307. The molecule has 0 unspecified atom stereocenters. The molecule has 0 radical (unpaired) electrons. The van der Waals surface area contributed by atoms with E-state index in [0.29, 0.717) is 24.4 Å². The average Bonchev–Trinajstić information content (AvgIpc) is 2.73. The van der Waals surface area contributed by atoms with Crippen LogP contribution in [0.4, 0.5) is 4.39 Å². The zero-order chi connectivity index (χ0) is 12.3. The summed E-state index contributed by atoms with van der Waals surface area (Å²) >= 11 is 11.3. The maximum absolute atomic E-state index is 13.6. The quantitative estimate of drug-likeness (QED) is 0.802. The molecule has 0 N–H and O–H groups in total. The van der Waals surface area contributed by atoms with Crippen molar-refractivity contribution in [1.82, 2.24) is 15.0 Å². The zero-order valence-corrected chi connectivity index (χ0v) is 10.4. The van der Waals surface area contributed by atoms with Gasteiger partial charge < -0.3 is 0 Å². The summed E-state index contributed by atoms with van der Waals surface area (Å²) in [5, 5.41) is 7.94. The topological polar surface area (TPSA) is 30.7 Å². The lowest BCUT2D eigenvalue weighted by Gasteiger charge is -2.03. The summed E-state index contributed by atoms with van der Waals surface area (Å²) in [6.07, 6.45) is 2.41. The Morgan fingerprint density at radius 3 is 2.94 bits per heavy atom. The van der Waals surface area contributed by atoms with Crippen LogP contribution in [0.15, 0.2) is 24.4 Å². The number of aromatic nitrogens is 3. The average molecular weight is 274 g/mol. The van der Waals surface area contributed by atoms with Crippen LogP contribution in [0.2, 0.25) is 5.02 Å². The summed E-state index contributed by atoms with van der Waals surface area (Å²) in [7, 11) is 0. The number of nitrogens with zero attached hydrogens (tertiary/aromatic N) is 3. The molecule has 0 spiro atoms. The smallest absolute Gasteiger partial charge is 0.146 e. The Kier molecular flexibility index (Phi) is 3.97. The molecule has 90 valence electrons. The van der Waals surface area contributed by atoms with Crippen molar-refractivity contribution in [2.45, 2.75) is 13.0 Å². The van der Waals surface area contributed by atoms with E-state index in [0.717, 1.165) is 5.69 Å². The van der Waals surface area contributed by atoms with Crippen molar-refractivity contribution in [3.05, 3.63) is 46.5 Å². The number of halogens is 3. The van der Waals surface area contributed by atoms with Crippen molar-refractivity contribution in [3.8, 4) is 0 Å². The van der Waals surface area contributed by atoms with Crippen LogP contribution in [0.1, 0.15) is 11.3 Å². The van der Waals surface area contributed by atoms with Gasteiger partial charge in [-0.25, -0.2) is 9.07 Å². The molecule has 0 fully saturated rings. The van der Waals surface area contributed by atoms with Crippen molar-refractivity contribution in [3.63, 3.8) is 0 Å². The molecule has 0 bridgehead atoms. The molecule has 2 rings (SSSR count). The van der Waals surface area contributed by atoms with Gasteiger partial charge in [0.05, 0.1) is 17.3 Å². The van der Waals surface area contributed by atoms with E-state index >= 15 is 0 Å². The number of alkyl halides is 1. The number of aryl methyl sites for hydroxylation is 1. The summed E-state index contributed by atoms with van der Waals surface area (Å²) in [6, 6.07) is 4.89. The van der Waals surface area contributed by atoms with Crippen molar-refractivity contribution < 1.29 is 4.39 Å². The van der Waals surface area contributed by atoms with Gasteiger partial charge >= 0.3 is 0 Å². The van der Waals surface area contributed by atoms with E-state index in [1.807, 2.05) is 0 Å². The second-order valence-electron chi connectivity index (χ2n) is 3.56. The first-order valence-electron chi connectivity index (χ1n) is 5.08. The summed E-state index contributed by atoms with van der Waals surface area (Å²) < 4.78 is 15.2. The molecule has 0 aliphatic carbocycles. The number of benzene rings is 1. The fraction of sp³-hybridized carbons (Fsp3) is 0.273. The Morgan fingerprint density at radius 2 is 2.18 bits per heavy atom. The minimum absolute atomic E-state index is 0.114. The van der Waals surface area contributed by atoms with Crippen LogP contribution in [0.25, 0.3) is 0 Å². The fourth-order valence-electron chi connectivity index (χ4n) is 1.47. The third kappa shape index (κ3) is 2.96. The van der Waals surface area contributed by atoms with Gasteiger partial charge in [0.1, 0.15) is 5.82 Å². The molecule has 1 heterocycles. The van der Waals surface area contributed by atoms with E-state index in [1.54, 1.807) is 23.0 Å². The van der Waals surface area contributed by atoms with E-state index < -0.39 is 5.82 Å². The van der Waals surface area contributed by atoms with Crippen LogP contribution in [-0.4, -0.2) is 20.9 Å². The molecule has 0 atom stereocenters. The first-order chi connectivity index (χ1) is 8.20. The highest BCUT2D eigenvalue weighted by atomic mass is 35.5. The van der Waals surface area contributed by atoms with Crippen LogP contribution in [0, 0.1) is 5.82 Å². The Hall–Kier alpha value is -1.13. The first kappa shape index (κ1) is 12.3. The molecule has 0 saturated heterocycles. The molecule has 3 nitrogen and oxygen atoms in total. The summed E-state index contributed by atoms with van der Waals surface area (Å²) in [5.74, 6) is 0.0769. The number of rotatable bonds is 4. The van der Waals surface area contributed by atoms with Gasteiger partial charge in [0, 0.05) is 24.1 Å². The molecule has 0 aliphatic heterocycles. The standard InChI is InChI=1S/C11H10Cl2FN3/c12-5-4-9-7-17(16-15-9)6-8-2-1-3-10(13)11(8)14/h1-3,7H,4-6H2. The van der Waals surface area contributed by atoms with Gasteiger partial charge in [-0.2, -0.15) is 0 Å². The van der Waals surface area contributed by atoms with E-state index in [2.05, 4.69) is 10.3 Å². The Balaban J connectivity index is 2.16. The minimum atomic E-state index is -0.413. The molecule has 0 amide bonds. The Morgan fingerprint density at radius 1 is 1.35 bits per heavy atom. The lowest BCUT2D eigenvalue weighted by molar-refractivity contribution is 0.577. The van der Waals surface area contributed by atoms with Crippen molar-refractivity contribution in [1.29, 1.82) is 0 Å². The SMILES string of the molecule is Fc1c(Cl)cccc1Cn1cc(CCCl)nn1. The zero-order valence-electron chi connectivity index (χ0n) is 8.91. The van der Waals surface area contributed by atoms with Crippen LogP contribution < -0.4 is 0 Å². The maximum Gasteiger partial charge on any atom is 0.146 e. The van der Waals surface area contributed by atoms with Crippen LogP contribution >= 0.6 is 23.2 Å². The van der Waals surface area contributed by atoms with Gasteiger partial charge in [-0.15, -0.1) is 16.7 Å². The number of hydrogen-bond donors (Lipinski definition) is 0. The number of hydrogen-bond acceptors (Lipinski definition) is 2. The second-order valence-corrected chi connectivity index (χ2v) is 4.34. The van der Waals surface area contributed by atoms with Gasteiger partial charge in [0.25, 0.3) is 0 Å². The summed E-state index contributed by atoms with van der Waals surface area (Å²) in [4.78, 5) is 0. The van der Waals surface area contributed by atoms with Crippen LogP contribution in [-0.2, 0) is 13.0 Å². The molecule has 1 aromatic carbocycles. The summed E-state index contributed by atoms with van der Waals surface area (Å²) in [5.41, 5.74) is 1.28. The largest absolute Gasteiger partial charge is 0.248 e. The molecule has 17 heavy (non-hydrogen) atoms. The normalized spacial score (nSPS) is 10.8. The predicted octanol–water partition coefficient (Wildman–Crippen LogP) is 2.90. The van der Waals surface area contributed by atoms with Gasteiger partial charge in [-0.3, -0.25) is 0 Å². The highest BCUT2D eigenvalue weighted by molar-refractivity contribution is 6.30. The minimum Gasteiger partial charge on any atom is -0.248 e. The van der Waals surface area contributed by atoms with Crippen molar-refractivity contribution >= 4 is 23.2 Å². The molecule has 0 saturated carbocycles. The first-order valence-corrected chi connectivity index (χ1v) is 6.00. The monoisotopic (exact) mass is 273 g/mol. The molecule has 1 aromatic heterocycles. The molecule has 0 aliphatic rings. The van der Waals surface area contributed by atoms with Gasteiger partial charge in [-0.1, -0.05) is 28.9 Å². The van der Waals surface area contributed by atoms with E-state index in [-0.39, 0.29) is 5.02 Å². The second kappa shape index (κ2) is 5.47. The van der Waals surface area contributed by atoms with E-state index in [4.69, 9.17) is 23.2 Å². The lowest BCUT2D eigenvalue weighted by Crippen LogP contribution is -2.03. The van der Waals surface area contributed by atoms with Gasteiger partial charge in [0.2, 0.25) is 0 Å². The Bertz CT molecular complexity index is 513.